The number of amides is 2. The monoisotopic (exact) mass is 312 g/mol. The van der Waals surface area contributed by atoms with Gasteiger partial charge < -0.3 is 20.5 Å². The van der Waals surface area contributed by atoms with Gasteiger partial charge in [0.2, 0.25) is 0 Å². The van der Waals surface area contributed by atoms with Crippen LogP contribution in [0.1, 0.15) is 12.0 Å². The number of carbonyl (C=O) groups is 2. The van der Waals surface area contributed by atoms with E-state index in [9.17, 15) is 14.7 Å². The summed E-state index contributed by atoms with van der Waals surface area (Å²) in [6, 6.07) is 3.56. The lowest BCUT2D eigenvalue weighted by atomic mass is 9.99. The fraction of sp³-hybridized carbons (Fsp3) is 0.429. The topological polar surface area (TPSA) is 87.7 Å². The minimum atomic E-state index is -1.07. The van der Waals surface area contributed by atoms with E-state index >= 15 is 0 Å². The van der Waals surface area contributed by atoms with Gasteiger partial charge >= 0.3 is 12.0 Å². The molecule has 0 radical (unpaired) electrons. The zero-order chi connectivity index (χ0) is 15.4. The number of ether oxygens (including phenoxy) is 1. The van der Waals surface area contributed by atoms with Gasteiger partial charge in [0.05, 0.1) is 6.61 Å². The average molecular weight is 313 g/mol. The second kappa shape index (κ2) is 6.78. The summed E-state index contributed by atoms with van der Waals surface area (Å²) in [5.74, 6) is -1.28. The molecule has 1 aromatic carbocycles. The zero-order valence-electron chi connectivity index (χ0n) is 11.6. The van der Waals surface area contributed by atoms with Crippen LogP contribution in [0.4, 0.5) is 10.5 Å². The highest BCUT2D eigenvalue weighted by Crippen LogP contribution is 2.20. The predicted octanol–water partition coefficient (Wildman–Crippen LogP) is 2.26. The lowest BCUT2D eigenvalue weighted by Gasteiger charge is -2.19. The number of benzene rings is 1. The van der Waals surface area contributed by atoms with Gasteiger partial charge in [-0.05, 0) is 31.0 Å². The number of rotatable bonds is 4. The molecule has 1 saturated heterocycles. The zero-order valence-corrected chi connectivity index (χ0v) is 12.3. The molecular formula is C14H17ClN2O4. The van der Waals surface area contributed by atoms with E-state index in [1.165, 1.54) is 0 Å². The maximum absolute atomic E-state index is 11.9. The van der Waals surface area contributed by atoms with Crippen LogP contribution in [0.3, 0.4) is 0 Å². The molecule has 0 aliphatic carbocycles. The van der Waals surface area contributed by atoms with Crippen LogP contribution in [-0.4, -0.2) is 36.4 Å². The van der Waals surface area contributed by atoms with Crippen LogP contribution in [0.5, 0.6) is 0 Å². The van der Waals surface area contributed by atoms with E-state index in [-0.39, 0.29) is 5.92 Å². The molecule has 21 heavy (non-hydrogen) atoms. The van der Waals surface area contributed by atoms with E-state index in [0.29, 0.717) is 30.3 Å². The Morgan fingerprint density at radius 3 is 2.81 bits per heavy atom. The Morgan fingerprint density at radius 2 is 2.24 bits per heavy atom. The SMILES string of the molecule is Cc1ccc(NC(=O)N[C@H](C(=O)O)[C@@H]2CCOC2)cc1Cl. The fourth-order valence-electron chi connectivity index (χ4n) is 2.18. The quantitative estimate of drug-likeness (QED) is 0.796. The highest BCUT2D eigenvalue weighted by atomic mass is 35.5. The molecule has 1 aromatic rings. The average Bonchev–Trinajstić information content (AvgIpc) is 2.93. The van der Waals surface area contributed by atoms with Crippen LogP contribution in [0.25, 0.3) is 0 Å². The first-order valence-corrected chi connectivity index (χ1v) is 6.99. The highest BCUT2D eigenvalue weighted by Gasteiger charge is 2.32. The molecule has 2 atom stereocenters. The Kier molecular flexibility index (Phi) is 5.03. The van der Waals surface area contributed by atoms with Crippen LogP contribution in [-0.2, 0) is 9.53 Å². The molecule has 3 N–H and O–H groups in total. The van der Waals surface area contributed by atoms with Gasteiger partial charge in [0.1, 0.15) is 6.04 Å². The van der Waals surface area contributed by atoms with Crippen LogP contribution in [0.2, 0.25) is 5.02 Å². The molecular weight excluding hydrogens is 296 g/mol. The van der Waals surface area contributed by atoms with Crippen molar-refractivity contribution in [2.75, 3.05) is 18.5 Å². The number of aliphatic carboxylic acids is 1. The summed E-state index contributed by atoms with van der Waals surface area (Å²) in [4.78, 5) is 23.2. The molecule has 6 nitrogen and oxygen atoms in total. The molecule has 2 amide bonds. The summed E-state index contributed by atoms with van der Waals surface area (Å²) >= 11 is 5.97. The molecule has 114 valence electrons. The first-order chi connectivity index (χ1) is 9.97. The number of carboxylic acids is 1. The van der Waals surface area contributed by atoms with E-state index in [1.807, 2.05) is 6.92 Å². The smallest absolute Gasteiger partial charge is 0.326 e. The lowest BCUT2D eigenvalue weighted by molar-refractivity contribution is -0.140. The Morgan fingerprint density at radius 1 is 1.48 bits per heavy atom. The van der Waals surface area contributed by atoms with Crippen molar-refractivity contribution in [2.24, 2.45) is 5.92 Å². The first-order valence-electron chi connectivity index (χ1n) is 6.61. The van der Waals surface area contributed by atoms with Crippen molar-refractivity contribution in [3.8, 4) is 0 Å². The van der Waals surface area contributed by atoms with Crippen LogP contribution in [0.15, 0.2) is 18.2 Å². The molecule has 1 fully saturated rings. The summed E-state index contributed by atoms with van der Waals surface area (Å²) < 4.78 is 5.16. The predicted molar refractivity (Wildman–Crippen MR) is 78.7 cm³/mol. The molecule has 7 heteroatoms. The number of hydrogen-bond donors (Lipinski definition) is 3. The first kappa shape index (κ1) is 15.6. The van der Waals surface area contributed by atoms with Gasteiger partial charge in [-0.15, -0.1) is 0 Å². The van der Waals surface area contributed by atoms with Gasteiger partial charge in [-0.3, -0.25) is 0 Å². The molecule has 0 aromatic heterocycles. The molecule has 1 heterocycles. The number of carboxylic acid groups (broad SMARTS) is 1. The van der Waals surface area contributed by atoms with Crippen molar-refractivity contribution >= 4 is 29.3 Å². The highest BCUT2D eigenvalue weighted by molar-refractivity contribution is 6.31. The van der Waals surface area contributed by atoms with Crippen LogP contribution < -0.4 is 10.6 Å². The second-order valence-corrected chi connectivity index (χ2v) is 5.41. The fourth-order valence-corrected chi connectivity index (χ4v) is 2.36. The third kappa shape index (κ3) is 4.09. The Hall–Kier alpha value is -1.79. The van der Waals surface area contributed by atoms with E-state index in [2.05, 4.69) is 10.6 Å². The Bertz CT molecular complexity index is 544. The summed E-state index contributed by atoms with van der Waals surface area (Å²) in [6.45, 7) is 2.71. The molecule has 0 bridgehead atoms. The van der Waals surface area contributed by atoms with E-state index in [4.69, 9.17) is 16.3 Å². The number of carbonyl (C=O) groups excluding carboxylic acids is 1. The van der Waals surface area contributed by atoms with Crippen molar-refractivity contribution in [2.45, 2.75) is 19.4 Å². The van der Waals surface area contributed by atoms with Crippen molar-refractivity contribution in [3.05, 3.63) is 28.8 Å². The molecule has 1 aliphatic rings. The van der Waals surface area contributed by atoms with Gasteiger partial charge in [-0.2, -0.15) is 0 Å². The molecule has 0 spiro atoms. The number of nitrogens with one attached hydrogen (secondary N) is 2. The summed E-state index contributed by atoms with van der Waals surface area (Å²) in [5.41, 5.74) is 1.41. The summed E-state index contributed by atoms with van der Waals surface area (Å²) in [7, 11) is 0. The maximum Gasteiger partial charge on any atom is 0.326 e. The molecule has 0 saturated carbocycles. The number of anilines is 1. The Labute approximate surface area is 127 Å². The van der Waals surface area contributed by atoms with Gasteiger partial charge in [0, 0.05) is 23.2 Å². The number of halogens is 1. The standard InChI is InChI=1S/C14H17ClN2O4/c1-8-2-3-10(6-11(8)15)16-14(20)17-12(13(18)19)9-4-5-21-7-9/h2-3,6,9,12H,4-5,7H2,1H3,(H,18,19)(H2,16,17,20)/t9-,12+/m1/s1. The van der Waals surface area contributed by atoms with Crippen molar-refractivity contribution in [3.63, 3.8) is 0 Å². The second-order valence-electron chi connectivity index (χ2n) is 5.00. The third-order valence-corrected chi connectivity index (χ3v) is 3.83. The third-order valence-electron chi connectivity index (χ3n) is 3.42. The van der Waals surface area contributed by atoms with E-state index in [1.54, 1.807) is 18.2 Å². The van der Waals surface area contributed by atoms with Gasteiger partial charge in [-0.25, -0.2) is 9.59 Å². The largest absolute Gasteiger partial charge is 0.480 e. The maximum atomic E-state index is 11.9. The van der Waals surface area contributed by atoms with Crippen molar-refractivity contribution in [1.82, 2.24) is 5.32 Å². The molecule has 1 aliphatic heterocycles. The van der Waals surface area contributed by atoms with Gasteiger partial charge in [0.15, 0.2) is 0 Å². The van der Waals surface area contributed by atoms with E-state index in [0.717, 1.165) is 5.56 Å². The number of hydrogen-bond acceptors (Lipinski definition) is 3. The molecule has 2 rings (SSSR count). The summed E-state index contributed by atoms with van der Waals surface area (Å²) in [5, 5.41) is 14.8. The Balaban J connectivity index is 1.98. The number of urea groups is 1. The lowest BCUT2D eigenvalue weighted by Crippen LogP contribution is -2.47. The van der Waals surface area contributed by atoms with Crippen LogP contribution >= 0.6 is 11.6 Å². The van der Waals surface area contributed by atoms with Crippen molar-refractivity contribution < 1.29 is 19.4 Å². The minimum Gasteiger partial charge on any atom is -0.480 e. The minimum absolute atomic E-state index is 0.213. The van der Waals surface area contributed by atoms with Gasteiger partial charge in [-0.1, -0.05) is 17.7 Å². The van der Waals surface area contributed by atoms with Crippen LogP contribution in [0, 0.1) is 12.8 Å². The van der Waals surface area contributed by atoms with Crippen molar-refractivity contribution in [1.29, 1.82) is 0 Å². The normalized spacial score (nSPS) is 19.0. The van der Waals surface area contributed by atoms with Gasteiger partial charge in [0.25, 0.3) is 0 Å². The van der Waals surface area contributed by atoms with E-state index < -0.39 is 18.0 Å². The summed E-state index contributed by atoms with van der Waals surface area (Å²) in [6.07, 6.45) is 0.619. The molecule has 0 unspecified atom stereocenters. The number of aryl methyl sites for hydroxylation is 1.